The van der Waals surface area contributed by atoms with E-state index in [9.17, 15) is 4.79 Å². The van der Waals surface area contributed by atoms with E-state index in [1.807, 2.05) is 36.4 Å². The molecule has 1 aromatic carbocycles. The smallest absolute Gasteiger partial charge is 0.271 e. The van der Waals surface area contributed by atoms with Gasteiger partial charge < -0.3 is 19.0 Å². The standard InChI is InChI=1S/C17H17BrN2O3/c1-22-10-8-20(11-12-5-4-9-23-12)17(21)16-15(18)13-6-2-3-7-14(13)19-16/h2-7,9,19H,8,10-11H2,1H3. The van der Waals surface area contributed by atoms with E-state index in [4.69, 9.17) is 9.15 Å². The van der Waals surface area contributed by atoms with E-state index in [2.05, 4.69) is 20.9 Å². The Balaban J connectivity index is 1.90. The van der Waals surface area contributed by atoms with E-state index in [0.29, 0.717) is 25.4 Å². The molecule has 0 saturated carbocycles. The number of rotatable bonds is 6. The minimum absolute atomic E-state index is 0.0958. The summed E-state index contributed by atoms with van der Waals surface area (Å²) < 4.78 is 11.3. The summed E-state index contributed by atoms with van der Waals surface area (Å²) in [5, 5.41) is 0.987. The molecule has 0 fully saturated rings. The first-order valence-corrected chi connectivity index (χ1v) is 8.07. The van der Waals surface area contributed by atoms with Crippen molar-refractivity contribution in [2.45, 2.75) is 6.54 Å². The minimum atomic E-state index is -0.0958. The van der Waals surface area contributed by atoms with Gasteiger partial charge in [0.1, 0.15) is 11.5 Å². The maximum Gasteiger partial charge on any atom is 0.271 e. The molecule has 2 aromatic heterocycles. The predicted octanol–water partition coefficient (Wildman–Crippen LogP) is 3.81. The SMILES string of the molecule is COCCN(Cc1ccco1)C(=O)c1[nH]c2ccccc2c1Br. The van der Waals surface area contributed by atoms with Crippen LogP contribution in [-0.2, 0) is 11.3 Å². The number of methoxy groups -OCH3 is 1. The van der Waals surface area contributed by atoms with Gasteiger partial charge in [0.2, 0.25) is 0 Å². The molecule has 0 radical (unpaired) electrons. The molecular weight excluding hydrogens is 360 g/mol. The summed E-state index contributed by atoms with van der Waals surface area (Å²) in [5.41, 5.74) is 1.46. The van der Waals surface area contributed by atoms with Crippen molar-refractivity contribution < 1.29 is 13.9 Å². The monoisotopic (exact) mass is 376 g/mol. The van der Waals surface area contributed by atoms with Crippen molar-refractivity contribution in [2.24, 2.45) is 0 Å². The van der Waals surface area contributed by atoms with Crippen molar-refractivity contribution in [2.75, 3.05) is 20.3 Å². The summed E-state index contributed by atoms with van der Waals surface area (Å²) in [4.78, 5) is 17.8. The Hall–Kier alpha value is -2.05. The number of halogens is 1. The Labute approximate surface area is 142 Å². The van der Waals surface area contributed by atoms with Gasteiger partial charge >= 0.3 is 0 Å². The quantitative estimate of drug-likeness (QED) is 0.711. The van der Waals surface area contributed by atoms with E-state index in [1.165, 1.54) is 0 Å². The number of amides is 1. The van der Waals surface area contributed by atoms with Gasteiger partial charge in [0.05, 0.1) is 23.9 Å². The topological polar surface area (TPSA) is 58.5 Å². The second-order valence-electron chi connectivity index (χ2n) is 5.16. The highest BCUT2D eigenvalue weighted by Crippen LogP contribution is 2.28. The lowest BCUT2D eigenvalue weighted by Gasteiger charge is -2.21. The number of carbonyl (C=O) groups excluding carboxylic acids is 1. The lowest BCUT2D eigenvalue weighted by Crippen LogP contribution is -2.33. The minimum Gasteiger partial charge on any atom is -0.467 e. The largest absolute Gasteiger partial charge is 0.467 e. The van der Waals surface area contributed by atoms with Crippen LogP contribution in [0.3, 0.4) is 0 Å². The molecule has 1 N–H and O–H groups in total. The molecule has 0 unspecified atom stereocenters. The Morgan fingerprint density at radius 2 is 2.13 bits per heavy atom. The third-order valence-electron chi connectivity index (χ3n) is 3.64. The number of aromatic amines is 1. The van der Waals surface area contributed by atoms with Crippen LogP contribution >= 0.6 is 15.9 Å². The number of para-hydroxylation sites is 1. The third-order valence-corrected chi connectivity index (χ3v) is 4.46. The van der Waals surface area contributed by atoms with Gasteiger partial charge in [-0.2, -0.15) is 0 Å². The average molecular weight is 377 g/mol. The highest BCUT2D eigenvalue weighted by Gasteiger charge is 2.22. The number of carbonyl (C=O) groups is 1. The molecule has 0 atom stereocenters. The molecule has 3 rings (SSSR count). The first kappa shape index (κ1) is 15.8. The fraction of sp³-hybridized carbons (Fsp3) is 0.235. The van der Waals surface area contributed by atoms with Crippen LogP contribution < -0.4 is 0 Å². The molecule has 0 aliphatic rings. The van der Waals surface area contributed by atoms with Crippen molar-refractivity contribution in [3.63, 3.8) is 0 Å². The molecule has 0 aliphatic carbocycles. The van der Waals surface area contributed by atoms with Gasteiger partial charge in [0, 0.05) is 24.6 Å². The number of benzene rings is 1. The second kappa shape index (κ2) is 7.02. The number of nitrogens with zero attached hydrogens (tertiary/aromatic N) is 1. The van der Waals surface area contributed by atoms with Crippen LogP contribution in [0.4, 0.5) is 0 Å². The fourth-order valence-electron chi connectivity index (χ4n) is 2.46. The van der Waals surface area contributed by atoms with Crippen molar-refractivity contribution in [1.29, 1.82) is 0 Å². The van der Waals surface area contributed by atoms with Gasteiger partial charge in [-0.25, -0.2) is 0 Å². The number of hydrogen-bond acceptors (Lipinski definition) is 3. The van der Waals surface area contributed by atoms with Crippen LogP contribution in [0, 0.1) is 0 Å². The summed E-state index contributed by atoms with van der Waals surface area (Å²) in [6, 6.07) is 11.5. The number of hydrogen-bond donors (Lipinski definition) is 1. The van der Waals surface area contributed by atoms with Crippen LogP contribution in [0.15, 0.2) is 51.6 Å². The Morgan fingerprint density at radius 1 is 1.30 bits per heavy atom. The molecule has 0 spiro atoms. The van der Waals surface area contributed by atoms with Gasteiger partial charge in [-0.15, -0.1) is 0 Å². The van der Waals surface area contributed by atoms with Gasteiger partial charge in [0.25, 0.3) is 5.91 Å². The Morgan fingerprint density at radius 3 is 2.83 bits per heavy atom. The number of fused-ring (bicyclic) bond motifs is 1. The molecule has 5 nitrogen and oxygen atoms in total. The van der Waals surface area contributed by atoms with Gasteiger partial charge in [0.15, 0.2) is 0 Å². The number of H-pyrrole nitrogens is 1. The van der Waals surface area contributed by atoms with E-state index < -0.39 is 0 Å². The highest BCUT2D eigenvalue weighted by molar-refractivity contribution is 9.10. The van der Waals surface area contributed by atoms with Gasteiger partial charge in [-0.05, 0) is 34.1 Å². The zero-order valence-electron chi connectivity index (χ0n) is 12.7. The normalized spacial score (nSPS) is 11.0. The van der Waals surface area contributed by atoms with Crippen molar-refractivity contribution in [3.8, 4) is 0 Å². The average Bonchev–Trinajstić information content (AvgIpc) is 3.19. The van der Waals surface area contributed by atoms with E-state index in [-0.39, 0.29) is 5.91 Å². The molecule has 0 saturated heterocycles. The maximum atomic E-state index is 12.9. The molecule has 3 aromatic rings. The fourth-order valence-corrected chi connectivity index (χ4v) is 3.07. The van der Waals surface area contributed by atoms with Crippen LogP contribution in [0.1, 0.15) is 16.2 Å². The number of ether oxygens (including phenoxy) is 1. The van der Waals surface area contributed by atoms with E-state index >= 15 is 0 Å². The second-order valence-corrected chi connectivity index (χ2v) is 5.95. The first-order chi connectivity index (χ1) is 11.2. The zero-order chi connectivity index (χ0) is 16.2. The Kier molecular flexibility index (Phi) is 4.83. The van der Waals surface area contributed by atoms with Crippen LogP contribution in [-0.4, -0.2) is 36.1 Å². The predicted molar refractivity (Wildman–Crippen MR) is 91.3 cm³/mol. The lowest BCUT2D eigenvalue weighted by molar-refractivity contribution is 0.0661. The summed E-state index contributed by atoms with van der Waals surface area (Å²) in [6.45, 7) is 1.35. The molecule has 23 heavy (non-hydrogen) atoms. The molecule has 1 amide bonds. The third kappa shape index (κ3) is 3.33. The molecule has 0 bridgehead atoms. The maximum absolute atomic E-state index is 12.9. The summed E-state index contributed by atoms with van der Waals surface area (Å²) in [7, 11) is 1.62. The molecule has 120 valence electrons. The van der Waals surface area contributed by atoms with E-state index in [0.717, 1.165) is 21.1 Å². The zero-order valence-corrected chi connectivity index (χ0v) is 14.3. The number of furan rings is 1. The van der Waals surface area contributed by atoms with Gasteiger partial charge in [-0.3, -0.25) is 4.79 Å². The Bertz CT molecular complexity index is 795. The lowest BCUT2D eigenvalue weighted by atomic mass is 10.2. The highest BCUT2D eigenvalue weighted by atomic mass is 79.9. The summed E-state index contributed by atoms with van der Waals surface area (Å²) >= 11 is 3.53. The molecule has 2 heterocycles. The number of aromatic nitrogens is 1. The van der Waals surface area contributed by atoms with Crippen LogP contribution in [0.5, 0.6) is 0 Å². The molecule has 0 aliphatic heterocycles. The first-order valence-electron chi connectivity index (χ1n) is 7.27. The van der Waals surface area contributed by atoms with Gasteiger partial charge in [-0.1, -0.05) is 18.2 Å². The van der Waals surface area contributed by atoms with Crippen LogP contribution in [0.25, 0.3) is 10.9 Å². The molecular formula is C17H17BrN2O3. The number of nitrogens with one attached hydrogen (secondary N) is 1. The van der Waals surface area contributed by atoms with Crippen molar-refractivity contribution in [1.82, 2.24) is 9.88 Å². The summed E-state index contributed by atoms with van der Waals surface area (Å²) in [5.74, 6) is 0.642. The molecule has 6 heteroatoms. The van der Waals surface area contributed by atoms with Crippen LogP contribution in [0.2, 0.25) is 0 Å². The van der Waals surface area contributed by atoms with Crippen molar-refractivity contribution in [3.05, 3.63) is 58.6 Å². The van der Waals surface area contributed by atoms with E-state index in [1.54, 1.807) is 18.3 Å². The van der Waals surface area contributed by atoms with Crippen molar-refractivity contribution >= 4 is 32.7 Å². The summed E-state index contributed by atoms with van der Waals surface area (Å²) in [6.07, 6.45) is 1.60.